The summed E-state index contributed by atoms with van der Waals surface area (Å²) >= 11 is 0. The van der Waals surface area contributed by atoms with E-state index in [9.17, 15) is 4.79 Å². The van der Waals surface area contributed by atoms with Gasteiger partial charge in [0.1, 0.15) is 12.2 Å². The minimum Gasteiger partial charge on any atom is -0.459 e. The van der Waals surface area contributed by atoms with Crippen molar-refractivity contribution < 1.29 is 14.3 Å². The summed E-state index contributed by atoms with van der Waals surface area (Å²) in [6.07, 6.45) is 1.06. The molecule has 0 spiro atoms. The normalized spacial score (nSPS) is 22.1. The molecule has 0 aromatic heterocycles. The van der Waals surface area contributed by atoms with Crippen molar-refractivity contribution in [3.8, 4) is 0 Å². The molecule has 1 aromatic rings. The molecule has 3 heteroatoms. The Kier molecular flexibility index (Phi) is 3.68. The SMILES string of the molecule is CCC(C)(C)c1ccc(C(=O)OCC2(C)CO2)cc1. The highest BCUT2D eigenvalue weighted by atomic mass is 16.6. The summed E-state index contributed by atoms with van der Waals surface area (Å²) in [6, 6.07) is 7.70. The molecule has 104 valence electrons. The van der Waals surface area contributed by atoms with Crippen molar-refractivity contribution in [1.82, 2.24) is 0 Å². The van der Waals surface area contributed by atoms with Crippen LogP contribution in [0.3, 0.4) is 0 Å². The van der Waals surface area contributed by atoms with Crippen molar-refractivity contribution in [2.24, 2.45) is 0 Å². The monoisotopic (exact) mass is 262 g/mol. The van der Waals surface area contributed by atoms with Gasteiger partial charge in [0.25, 0.3) is 0 Å². The fourth-order valence-corrected chi connectivity index (χ4v) is 1.77. The number of epoxide rings is 1. The number of benzene rings is 1. The number of esters is 1. The summed E-state index contributed by atoms with van der Waals surface area (Å²) in [6.45, 7) is 9.50. The molecular formula is C16H22O3. The maximum atomic E-state index is 11.9. The molecule has 1 heterocycles. The Labute approximate surface area is 114 Å². The molecule has 0 aliphatic carbocycles. The lowest BCUT2D eigenvalue weighted by molar-refractivity contribution is 0.0411. The van der Waals surface area contributed by atoms with Crippen LogP contribution in [0, 0.1) is 0 Å². The van der Waals surface area contributed by atoms with E-state index in [-0.39, 0.29) is 17.0 Å². The summed E-state index contributed by atoms with van der Waals surface area (Å²) < 4.78 is 10.4. The van der Waals surface area contributed by atoms with Crippen LogP contribution in [0.1, 0.15) is 50.0 Å². The van der Waals surface area contributed by atoms with Crippen LogP contribution in [-0.4, -0.2) is 24.8 Å². The average molecular weight is 262 g/mol. The lowest BCUT2D eigenvalue weighted by Gasteiger charge is -2.23. The molecule has 1 aromatic carbocycles. The van der Waals surface area contributed by atoms with Gasteiger partial charge in [-0.05, 0) is 36.5 Å². The minimum absolute atomic E-state index is 0.137. The Hall–Kier alpha value is -1.35. The zero-order valence-electron chi connectivity index (χ0n) is 12.2. The van der Waals surface area contributed by atoms with Crippen LogP contribution in [0.2, 0.25) is 0 Å². The summed E-state index contributed by atoms with van der Waals surface area (Å²) in [7, 11) is 0. The smallest absolute Gasteiger partial charge is 0.338 e. The maximum absolute atomic E-state index is 11.9. The predicted molar refractivity (Wildman–Crippen MR) is 74.4 cm³/mol. The Morgan fingerprint density at radius 1 is 1.37 bits per heavy atom. The van der Waals surface area contributed by atoms with E-state index in [0.717, 1.165) is 6.42 Å². The summed E-state index contributed by atoms with van der Waals surface area (Å²) in [5, 5.41) is 0. The van der Waals surface area contributed by atoms with E-state index in [4.69, 9.17) is 9.47 Å². The molecule has 1 atom stereocenters. The topological polar surface area (TPSA) is 38.8 Å². The highest BCUT2D eigenvalue weighted by Gasteiger charge is 2.40. The second-order valence-corrected chi connectivity index (χ2v) is 6.13. The number of carbonyl (C=O) groups is 1. The van der Waals surface area contributed by atoms with Crippen LogP contribution < -0.4 is 0 Å². The molecule has 0 radical (unpaired) electrons. The largest absolute Gasteiger partial charge is 0.459 e. The molecule has 1 unspecified atom stereocenters. The highest BCUT2D eigenvalue weighted by Crippen LogP contribution is 2.28. The molecular weight excluding hydrogens is 240 g/mol. The van der Waals surface area contributed by atoms with Crippen molar-refractivity contribution in [3.63, 3.8) is 0 Å². The second kappa shape index (κ2) is 4.97. The van der Waals surface area contributed by atoms with Crippen molar-refractivity contribution in [3.05, 3.63) is 35.4 Å². The van der Waals surface area contributed by atoms with E-state index in [1.807, 2.05) is 31.2 Å². The van der Waals surface area contributed by atoms with Crippen molar-refractivity contribution in [2.75, 3.05) is 13.2 Å². The predicted octanol–water partition coefficient (Wildman–Crippen LogP) is 3.32. The first-order chi connectivity index (χ1) is 8.86. The molecule has 3 nitrogen and oxygen atoms in total. The van der Waals surface area contributed by atoms with Crippen LogP contribution in [0.15, 0.2) is 24.3 Å². The Balaban J connectivity index is 1.99. The Bertz CT molecular complexity index is 455. The molecule has 1 aliphatic rings. The van der Waals surface area contributed by atoms with E-state index in [1.165, 1.54) is 5.56 Å². The van der Waals surface area contributed by atoms with E-state index in [0.29, 0.717) is 18.8 Å². The van der Waals surface area contributed by atoms with E-state index < -0.39 is 0 Å². The van der Waals surface area contributed by atoms with E-state index in [1.54, 1.807) is 0 Å². The number of rotatable bonds is 5. The molecule has 1 aliphatic heterocycles. The molecule has 1 saturated heterocycles. The third kappa shape index (κ3) is 3.35. The lowest BCUT2D eigenvalue weighted by atomic mass is 9.82. The van der Waals surface area contributed by atoms with Crippen molar-refractivity contribution in [2.45, 2.75) is 45.1 Å². The van der Waals surface area contributed by atoms with Crippen molar-refractivity contribution >= 4 is 5.97 Å². The first kappa shape index (κ1) is 14.1. The van der Waals surface area contributed by atoms with E-state index in [2.05, 4.69) is 20.8 Å². The van der Waals surface area contributed by atoms with Gasteiger partial charge in [0.15, 0.2) is 0 Å². The summed E-state index contributed by atoms with van der Waals surface area (Å²) in [4.78, 5) is 11.9. The van der Waals surface area contributed by atoms with Crippen LogP contribution in [0.25, 0.3) is 0 Å². The van der Waals surface area contributed by atoms with Gasteiger partial charge in [-0.2, -0.15) is 0 Å². The van der Waals surface area contributed by atoms with Crippen LogP contribution >= 0.6 is 0 Å². The summed E-state index contributed by atoms with van der Waals surface area (Å²) in [5.41, 5.74) is 1.72. The van der Waals surface area contributed by atoms with Gasteiger partial charge in [-0.3, -0.25) is 0 Å². The standard InChI is InChI=1S/C16H22O3/c1-5-15(2,3)13-8-6-12(7-9-13)14(17)18-10-16(4)11-19-16/h6-9H,5,10-11H2,1-4H3. The van der Waals surface area contributed by atoms with Gasteiger partial charge in [-0.25, -0.2) is 4.79 Å². The molecule has 19 heavy (non-hydrogen) atoms. The zero-order chi connectivity index (χ0) is 14.1. The minimum atomic E-state index is -0.280. The quantitative estimate of drug-likeness (QED) is 0.603. The van der Waals surface area contributed by atoms with E-state index >= 15 is 0 Å². The fraction of sp³-hybridized carbons (Fsp3) is 0.562. The summed E-state index contributed by atoms with van der Waals surface area (Å²) in [5.74, 6) is -0.280. The zero-order valence-corrected chi connectivity index (χ0v) is 12.2. The molecule has 2 rings (SSSR count). The third-order valence-corrected chi connectivity index (χ3v) is 3.93. The van der Waals surface area contributed by atoms with Gasteiger partial charge in [0.05, 0.1) is 12.2 Å². The number of hydrogen-bond acceptors (Lipinski definition) is 3. The first-order valence-corrected chi connectivity index (χ1v) is 6.78. The van der Waals surface area contributed by atoms with Gasteiger partial charge in [0.2, 0.25) is 0 Å². The van der Waals surface area contributed by atoms with Crippen LogP contribution in [-0.2, 0) is 14.9 Å². The number of hydrogen-bond donors (Lipinski definition) is 0. The van der Waals surface area contributed by atoms with Gasteiger partial charge >= 0.3 is 5.97 Å². The molecule has 1 fully saturated rings. The Morgan fingerprint density at radius 3 is 2.42 bits per heavy atom. The number of ether oxygens (including phenoxy) is 2. The number of carbonyl (C=O) groups excluding carboxylic acids is 1. The second-order valence-electron chi connectivity index (χ2n) is 6.13. The molecule has 0 amide bonds. The molecule has 0 bridgehead atoms. The average Bonchev–Trinajstić information content (AvgIpc) is 3.15. The van der Waals surface area contributed by atoms with Crippen LogP contribution in [0.5, 0.6) is 0 Å². The van der Waals surface area contributed by atoms with Gasteiger partial charge < -0.3 is 9.47 Å². The van der Waals surface area contributed by atoms with Gasteiger partial charge in [0, 0.05) is 0 Å². The van der Waals surface area contributed by atoms with Crippen LogP contribution in [0.4, 0.5) is 0 Å². The van der Waals surface area contributed by atoms with Crippen molar-refractivity contribution in [1.29, 1.82) is 0 Å². The van der Waals surface area contributed by atoms with Gasteiger partial charge in [-0.15, -0.1) is 0 Å². The fourth-order valence-electron chi connectivity index (χ4n) is 1.77. The molecule has 0 N–H and O–H groups in total. The Morgan fingerprint density at radius 2 is 1.95 bits per heavy atom. The third-order valence-electron chi connectivity index (χ3n) is 3.93. The highest BCUT2D eigenvalue weighted by molar-refractivity contribution is 5.89. The van der Waals surface area contributed by atoms with Gasteiger partial charge in [-0.1, -0.05) is 32.9 Å². The first-order valence-electron chi connectivity index (χ1n) is 6.78. The maximum Gasteiger partial charge on any atom is 0.338 e. The molecule has 0 saturated carbocycles. The lowest BCUT2D eigenvalue weighted by Crippen LogP contribution is -2.19.